The van der Waals surface area contributed by atoms with Gasteiger partial charge in [0.1, 0.15) is 16.8 Å². The van der Waals surface area contributed by atoms with Gasteiger partial charge in [0.25, 0.3) is 0 Å². The van der Waals surface area contributed by atoms with Crippen LogP contribution in [-0.2, 0) is 0 Å². The van der Waals surface area contributed by atoms with E-state index in [1.165, 1.54) is 0 Å². The molecule has 0 aromatic heterocycles. The molecule has 0 saturated heterocycles. The second kappa shape index (κ2) is 5.13. The Morgan fingerprint density at radius 2 is 2.20 bits per heavy atom. The fraction of sp³-hybridized carbons (Fsp3) is 0.0909. The van der Waals surface area contributed by atoms with Crippen LogP contribution in [0.4, 0.5) is 0 Å². The maximum atomic E-state index is 8.79. The van der Waals surface area contributed by atoms with Gasteiger partial charge in [-0.25, -0.2) is 0 Å². The third-order valence-corrected chi connectivity index (χ3v) is 2.04. The summed E-state index contributed by atoms with van der Waals surface area (Å²) in [5.41, 5.74) is 6.44. The highest BCUT2D eigenvalue weighted by Crippen LogP contribution is 2.20. The molecule has 1 aromatic rings. The van der Waals surface area contributed by atoms with Crippen LogP contribution in [0, 0.1) is 11.3 Å². The minimum absolute atomic E-state index is 0.0865. The Hall–Kier alpha value is -1.86. The molecule has 76 valence electrons. The van der Waals surface area contributed by atoms with Crippen LogP contribution in [0.3, 0.4) is 0 Å². The van der Waals surface area contributed by atoms with Gasteiger partial charge >= 0.3 is 0 Å². The zero-order valence-corrected chi connectivity index (χ0v) is 9.04. The molecule has 0 aliphatic rings. The monoisotopic (exact) mass is 218 g/mol. The van der Waals surface area contributed by atoms with Crippen molar-refractivity contribution in [2.75, 3.05) is 7.11 Å². The van der Waals surface area contributed by atoms with E-state index in [9.17, 15) is 0 Å². The van der Waals surface area contributed by atoms with E-state index in [2.05, 4.69) is 0 Å². The number of hydrogen-bond acceptors (Lipinski definition) is 3. The van der Waals surface area contributed by atoms with Crippen LogP contribution in [-0.4, -0.2) is 12.1 Å². The summed E-state index contributed by atoms with van der Waals surface area (Å²) in [5.74, 6) is 0.682. The predicted octanol–water partition coefficient (Wildman–Crippen LogP) is 1.89. The molecule has 0 saturated carbocycles. The molecule has 1 rings (SSSR count). The number of para-hydroxylation sites is 1. The molecule has 0 aliphatic carbocycles. The van der Waals surface area contributed by atoms with Crippen LogP contribution in [0.2, 0.25) is 0 Å². The number of hydrogen-bond donors (Lipinski definition) is 1. The first-order valence-electron chi connectivity index (χ1n) is 4.23. The van der Waals surface area contributed by atoms with Crippen molar-refractivity contribution in [3.8, 4) is 11.8 Å². The summed E-state index contributed by atoms with van der Waals surface area (Å²) in [7, 11) is 1.57. The van der Waals surface area contributed by atoms with Gasteiger partial charge in [-0.05, 0) is 12.1 Å². The highest BCUT2D eigenvalue weighted by atomic mass is 32.1. The van der Waals surface area contributed by atoms with Crippen molar-refractivity contribution in [1.82, 2.24) is 0 Å². The van der Waals surface area contributed by atoms with Crippen LogP contribution in [0.15, 0.2) is 29.8 Å². The van der Waals surface area contributed by atoms with Gasteiger partial charge in [0.2, 0.25) is 0 Å². The Morgan fingerprint density at radius 3 is 2.73 bits per heavy atom. The average molecular weight is 218 g/mol. The molecule has 0 atom stereocenters. The van der Waals surface area contributed by atoms with E-state index >= 15 is 0 Å². The molecule has 0 radical (unpaired) electrons. The maximum absolute atomic E-state index is 8.79. The lowest BCUT2D eigenvalue weighted by Crippen LogP contribution is -2.09. The molecule has 0 amide bonds. The summed E-state index contributed by atoms with van der Waals surface area (Å²) in [6.45, 7) is 0. The van der Waals surface area contributed by atoms with Crippen molar-refractivity contribution >= 4 is 23.3 Å². The SMILES string of the molecule is COc1ccccc1C=C(C#N)C(N)=S. The fourth-order valence-electron chi connectivity index (χ4n) is 1.10. The van der Waals surface area contributed by atoms with E-state index in [0.29, 0.717) is 5.75 Å². The van der Waals surface area contributed by atoms with Gasteiger partial charge in [-0.1, -0.05) is 30.4 Å². The minimum atomic E-state index is 0.0865. The Labute approximate surface area is 93.8 Å². The Morgan fingerprint density at radius 1 is 1.53 bits per heavy atom. The van der Waals surface area contributed by atoms with E-state index in [4.69, 9.17) is 28.0 Å². The van der Waals surface area contributed by atoms with E-state index in [1.807, 2.05) is 24.3 Å². The lowest BCUT2D eigenvalue weighted by molar-refractivity contribution is 0.414. The number of nitriles is 1. The van der Waals surface area contributed by atoms with Gasteiger partial charge in [-0.15, -0.1) is 0 Å². The Balaban J connectivity index is 3.18. The van der Waals surface area contributed by atoms with Crippen molar-refractivity contribution in [1.29, 1.82) is 5.26 Å². The highest BCUT2D eigenvalue weighted by Gasteiger charge is 2.03. The third kappa shape index (κ3) is 2.79. The highest BCUT2D eigenvalue weighted by molar-refractivity contribution is 7.80. The largest absolute Gasteiger partial charge is 0.496 e. The molecule has 15 heavy (non-hydrogen) atoms. The van der Waals surface area contributed by atoms with Crippen molar-refractivity contribution in [3.05, 3.63) is 35.4 Å². The first kappa shape index (κ1) is 11.2. The number of rotatable bonds is 3. The molecule has 2 N–H and O–H groups in total. The van der Waals surface area contributed by atoms with E-state index in [1.54, 1.807) is 19.3 Å². The van der Waals surface area contributed by atoms with Gasteiger partial charge in [-0.3, -0.25) is 0 Å². The van der Waals surface area contributed by atoms with Crippen LogP contribution in [0.5, 0.6) is 5.75 Å². The number of methoxy groups -OCH3 is 1. The molecule has 0 aliphatic heterocycles. The molecular formula is C11H10N2OS. The standard InChI is InChI=1S/C11H10N2OS/c1-14-10-5-3-2-4-8(10)6-9(7-12)11(13)15/h2-6H,1H3,(H2,13,15). The normalized spacial score (nSPS) is 10.5. The number of ether oxygens (including phenoxy) is 1. The van der Waals surface area contributed by atoms with Crippen LogP contribution in [0.25, 0.3) is 6.08 Å². The summed E-state index contributed by atoms with van der Waals surface area (Å²) in [4.78, 5) is 0.0865. The van der Waals surface area contributed by atoms with Gasteiger partial charge in [-0.2, -0.15) is 5.26 Å². The molecule has 0 heterocycles. The zero-order chi connectivity index (χ0) is 11.3. The molecule has 3 nitrogen and oxygen atoms in total. The number of benzene rings is 1. The first-order valence-corrected chi connectivity index (χ1v) is 4.64. The number of nitrogens with zero attached hydrogens (tertiary/aromatic N) is 1. The van der Waals surface area contributed by atoms with E-state index < -0.39 is 0 Å². The second-order valence-electron chi connectivity index (χ2n) is 2.78. The summed E-state index contributed by atoms with van der Waals surface area (Å²) in [6.07, 6.45) is 1.61. The Kier molecular flexibility index (Phi) is 3.83. The molecule has 1 aromatic carbocycles. The second-order valence-corrected chi connectivity index (χ2v) is 3.22. The van der Waals surface area contributed by atoms with Gasteiger partial charge in [0.15, 0.2) is 0 Å². The summed E-state index contributed by atoms with van der Waals surface area (Å²) in [6, 6.07) is 9.27. The smallest absolute Gasteiger partial charge is 0.126 e. The fourth-order valence-corrected chi connectivity index (χ4v) is 1.20. The molecule has 0 unspecified atom stereocenters. The minimum Gasteiger partial charge on any atom is -0.496 e. The van der Waals surface area contributed by atoms with Crippen molar-refractivity contribution < 1.29 is 4.74 Å². The average Bonchev–Trinajstić information content (AvgIpc) is 2.25. The van der Waals surface area contributed by atoms with Gasteiger partial charge in [0, 0.05) is 5.56 Å². The molecule has 0 bridgehead atoms. The Bertz CT molecular complexity index is 446. The van der Waals surface area contributed by atoms with Crippen molar-refractivity contribution in [2.24, 2.45) is 5.73 Å². The van der Waals surface area contributed by atoms with Crippen LogP contribution < -0.4 is 10.5 Å². The molecule has 0 spiro atoms. The van der Waals surface area contributed by atoms with Crippen LogP contribution >= 0.6 is 12.2 Å². The van der Waals surface area contributed by atoms with Crippen LogP contribution in [0.1, 0.15) is 5.56 Å². The number of nitrogens with two attached hydrogens (primary N) is 1. The first-order chi connectivity index (χ1) is 7.19. The lowest BCUT2D eigenvalue weighted by Gasteiger charge is -2.04. The summed E-state index contributed by atoms with van der Waals surface area (Å²) >= 11 is 4.74. The predicted molar refractivity (Wildman–Crippen MR) is 63.4 cm³/mol. The summed E-state index contributed by atoms with van der Waals surface area (Å²) < 4.78 is 5.13. The zero-order valence-electron chi connectivity index (χ0n) is 8.23. The van der Waals surface area contributed by atoms with Gasteiger partial charge in [0.05, 0.1) is 12.7 Å². The maximum Gasteiger partial charge on any atom is 0.126 e. The van der Waals surface area contributed by atoms with Crippen molar-refractivity contribution in [2.45, 2.75) is 0 Å². The van der Waals surface area contributed by atoms with E-state index in [0.717, 1.165) is 5.56 Å². The topological polar surface area (TPSA) is 59.0 Å². The molecule has 0 fully saturated rings. The molecule has 4 heteroatoms. The van der Waals surface area contributed by atoms with Gasteiger partial charge < -0.3 is 10.5 Å². The number of thiocarbonyl (C=S) groups is 1. The van der Waals surface area contributed by atoms with Crippen molar-refractivity contribution in [3.63, 3.8) is 0 Å². The summed E-state index contributed by atoms with van der Waals surface area (Å²) in [5, 5.41) is 8.79. The van der Waals surface area contributed by atoms with E-state index in [-0.39, 0.29) is 10.6 Å². The molecular weight excluding hydrogens is 208 g/mol. The lowest BCUT2D eigenvalue weighted by atomic mass is 10.1. The quantitative estimate of drug-likeness (QED) is 0.478. The third-order valence-electron chi connectivity index (χ3n) is 1.82.